The van der Waals surface area contributed by atoms with Crippen LogP contribution in [0.25, 0.3) is 10.9 Å². The van der Waals surface area contributed by atoms with E-state index in [1.165, 1.54) is 11.8 Å². The van der Waals surface area contributed by atoms with Gasteiger partial charge < -0.3 is 9.64 Å². The Morgan fingerprint density at radius 3 is 2.34 bits per heavy atom. The molecule has 5 rings (SSSR count). The molecule has 0 aliphatic carbocycles. The molecule has 4 aromatic rings. The Balaban J connectivity index is 1.37. The molecular formula is C28H28N4O2S. The van der Waals surface area contributed by atoms with E-state index >= 15 is 0 Å². The summed E-state index contributed by atoms with van der Waals surface area (Å²) in [5, 5.41) is 1.82. The molecule has 1 aliphatic heterocycles. The van der Waals surface area contributed by atoms with Crippen LogP contribution in [-0.4, -0.2) is 52.8 Å². The molecule has 35 heavy (non-hydrogen) atoms. The number of amides is 1. The van der Waals surface area contributed by atoms with Crippen molar-refractivity contribution in [1.29, 1.82) is 0 Å². The minimum Gasteiger partial charge on any atom is -0.379 e. The highest BCUT2D eigenvalue weighted by Gasteiger charge is 2.19. The van der Waals surface area contributed by atoms with Gasteiger partial charge in [-0.2, -0.15) is 0 Å². The molecule has 2 heterocycles. The first-order valence-electron chi connectivity index (χ1n) is 11.8. The van der Waals surface area contributed by atoms with E-state index in [2.05, 4.69) is 4.90 Å². The molecule has 0 atom stereocenters. The second-order valence-electron chi connectivity index (χ2n) is 8.44. The monoisotopic (exact) mass is 484 g/mol. The normalized spacial score (nSPS) is 14.2. The van der Waals surface area contributed by atoms with E-state index in [1.807, 2.05) is 89.8 Å². The molecule has 1 amide bonds. The molecule has 0 N–H and O–H groups in total. The number of aromatic nitrogens is 2. The predicted octanol–water partition coefficient (Wildman–Crippen LogP) is 4.79. The first-order chi connectivity index (χ1) is 17.3. The van der Waals surface area contributed by atoms with Gasteiger partial charge in [0.05, 0.1) is 37.6 Å². The number of fused-ring (bicyclic) bond motifs is 1. The summed E-state index contributed by atoms with van der Waals surface area (Å²) in [4.78, 5) is 27.3. The van der Waals surface area contributed by atoms with E-state index in [9.17, 15) is 4.79 Å². The third kappa shape index (κ3) is 6.06. The lowest BCUT2D eigenvalue weighted by molar-refractivity contribution is -0.116. The fourth-order valence-corrected chi connectivity index (χ4v) is 5.05. The summed E-state index contributed by atoms with van der Waals surface area (Å²) in [6, 6.07) is 28.0. The van der Waals surface area contributed by atoms with Crippen LogP contribution in [0.4, 0.5) is 5.69 Å². The van der Waals surface area contributed by atoms with Crippen LogP contribution in [0.3, 0.4) is 0 Å². The number of hydrogen-bond donors (Lipinski definition) is 0. The molecule has 3 aromatic carbocycles. The first-order valence-corrected chi connectivity index (χ1v) is 12.8. The Hall–Kier alpha value is -3.26. The summed E-state index contributed by atoms with van der Waals surface area (Å²) < 4.78 is 5.47. The number of para-hydroxylation sites is 2. The summed E-state index contributed by atoms with van der Waals surface area (Å²) in [5.41, 5.74) is 2.89. The molecule has 1 aliphatic rings. The van der Waals surface area contributed by atoms with Crippen LogP contribution in [-0.2, 0) is 22.6 Å². The van der Waals surface area contributed by atoms with Crippen molar-refractivity contribution in [2.24, 2.45) is 0 Å². The third-order valence-electron chi connectivity index (χ3n) is 5.97. The number of rotatable bonds is 8. The highest BCUT2D eigenvalue weighted by molar-refractivity contribution is 8.00. The van der Waals surface area contributed by atoms with Gasteiger partial charge in [0.15, 0.2) is 0 Å². The summed E-state index contributed by atoms with van der Waals surface area (Å²) in [7, 11) is 0. The van der Waals surface area contributed by atoms with Crippen LogP contribution in [0, 0.1) is 0 Å². The second-order valence-corrected chi connectivity index (χ2v) is 9.40. The molecule has 1 aromatic heterocycles. The summed E-state index contributed by atoms with van der Waals surface area (Å²) >= 11 is 1.48. The van der Waals surface area contributed by atoms with Crippen molar-refractivity contribution in [3.05, 3.63) is 96.3 Å². The fourth-order valence-electron chi connectivity index (χ4n) is 4.14. The van der Waals surface area contributed by atoms with Gasteiger partial charge in [0.1, 0.15) is 10.9 Å². The van der Waals surface area contributed by atoms with Crippen LogP contribution in [0.15, 0.2) is 90.0 Å². The number of carbonyl (C=O) groups excluding carboxylic acids is 1. The van der Waals surface area contributed by atoms with Crippen LogP contribution in [0.5, 0.6) is 0 Å². The van der Waals surface area contributed by atoms with Gasteiger partial charge in [0.2, 0.25) is 5.91 Å². The van der Waals surface area contributed by atoms with Gasteiger partial charge in [0, 0.05) is 24.2 Å². The zero-order chi connectivity index (χ0) is 23.9. The molecule has 0 radical (unpaired) electrons. The van der Waals surface area contributed by atoms with Crippen molar-refractivity contribution >= 4 is 34.3 Å². The lowest BCUT2D eigenvalue weighted by Gasteiger charge is -2.26. The van der Waals surface area contributed by atoms with Crippen LogP contribution in [0.2, 0.25) is 0 Å². The number of nitrogens with zero attached hydrogens (tertiary/aromatic N) is 4. The molecule has 0 unspecified atom stereocenters. The molecule has 7 heteroatoms. The number of hydrogen-bond acceptors (Lipinski definition) is 6. The largest absolute Gasteiger partial charge is 0.379 e. The van der Waals surface area contributed by atoms with Gasteiger partial charge in [-0.3, -0.25) is 9.69 Å². The number of anilines is 1. The van der Waals surface area contributed by atoms with E-state index in [0.717, 1.165) is 59.3 Å². The van der Waals surface area contributed by atoms with Crippen molar-refractivity contribution in [2.45, 2.75) is 18.1 Å². The lowest BCUT2D eigenvalue weighted by Crippen LogP contribution is -2.36. The van der Waals surface area contributed by atoms with Gasteiger partial charge in [-0.15, -0.1) is 0 Å². The Labute approximate surface area is 209 Å². The zero-order valence-electron chi connectivity index (χ0n) is 19.5. The van der Waals surface area contributed by atoms with E-state index in [4.69, 9.17) is 14.7 Å². The van der Waals surface area contributed by atoms with Gasteiger partial charge in [-0.25, -0.2) is 9.97 Å². The molecule has 6 nitrogen and oxygen atoms in total. The van der Waals surface area contributed by atoms with Gasteiger partial charge in [-0.1, -0.05) is 78.5 Å². The van der Waals surface area contributed by atoms with Crippen molar-refractivity contribution < 1.29 is 9.53 Å². The van der Waals surface area contributed by atoms with Crippen LogP contribution >= 0.6 is 11.8 Å². The van der Waals surface area contributed by atoms with Gasteiger partial charge >= 0.3 is 0 Å². The summed E-state index contributed by atoms with van der Waals surface area (Å²) in [6.45, 7) is 4.43. The third-order valence-corrected chi connectivity index (χ3v) is 6.94. The van der Waals surface area contributed by atoms with Crippen molar-refractivity contribution in [3.8, 4) is 0 Å². The van der Waals surface area contributed by atoms with E-state index in [-0.39, 0.29) is 5.91 Å². The highest BCUT2D eigenvalue weighted by atomic mass is 32.2. The highest BCUT2D eigenvalue weighted by Crippen LogP contribution is 2.27. The molecule has 178 valence electrons. The Morgan fingerprint density at radius 2 is 1.57 bits per heavy atom. The number of benzene rings is 3. The molecule has 0 spiro atoms. The van der Waals surface area contributed by atoms with Gasteiger partial charge in [-0.05, 0) is 23.8 Å². The van der Waals surface area contributed by atoms with E-state index in [0.29, 0.717) is 18.8 Å². The minimum atomic E-state index is 0.0440. The Kier molecular flexibility index (Phi) is 7.68. The summed E-state index contributed by atoms with van der Waals surface area (Å²) in [5.74, 6) is 1.12. The van der Waals surface area contributed by atoms with Crippen molar-refractivity contribution in [1.82, 2.24) is 14.9 Å². The topological polar surface area (TPSA) is 58.6 Å². The number of morpholine rings is 1. The molecule has 0 bridgehead atoms. The maximum atomic E-state index is 13.5. The average molecular weight is 485 g/mol. The number of carbonyl (C=O) groups is 1. The van der Waals surface area contributed by atoms with E-state index < -0.39 is 0 Å². The first kappa shape index (κ1) is 23.5. The molecular weight excluding hydrogens is 456 g/mol. The second kappa shape index (κ2) is 11.4. The predicted molar refractivity (Wildman–Crippen MR) is 140 cm³/mol. The summed E-state index contributed by atoms with van der Waals surface area (Å²) in [6.07, 6.45) is 0. The number of thioether (sulfide) groups is 1. The van der Waals surface area contributed by atoms with Gasteiger partial charge in [0.25, 0.3) is 0 Å². The molecule has 0 saturated carbocycles. The minimum absolute atomic E-state index is 0.0440. The quantitative estimate of drug-likeness (QED) is 0.265. The Bertz CT molecular complexity index is 1260. The molecule has 1 saturated heterocycles. The lowest BCUT2D eigenvalue weighted by atomic mass is 10.2. The Morgan fingerprint density at radius 1 is 0.886 bits per heavy atom. The zero-order valence-corrected chi connectivity index (χ0v) is 20.4. The van der Waals surface area contributed by atoms with Crippen molar-refractivity contribution in [2.75, 3.05) is 37.0 Å². The maximum absolute atomic E-state index is 13.5. The average Bonchev–Trinajstić information content (AvgIpc) is 2.92. The fraction of sp³-hybridized carbons (Fsp3) is 0.250. The van der Waals surface area contributed by atoms with Crippen molar-refractivity contribution in [3.63, 3.8) is 0 Å². The number of ether oxygens (including phenoxy) is 1. The maximum Gasteiger partial charge on any atom is 0.237 e. The van der Waals surface area contributed by atoms with E-state index in [1.54, 1.807) is 0 Å². The van der Waals surface area contributed by atoms with Crippen LogP contribution in [0.1, 0.15) is 11.4 Å². The molecule has 1 fully saturated rings. The SMILES string of the molecule is O=C(CSc1nc(CN2CCOCC2)nc2ccccc12)N(Cc1ccccc1)c1ccccc1. The standard InChI is InChI=1S/C28H28N4O2S/c33-27(32(23-11-5-2-6-12-23)19-22-9-3-1-4-10-22)21-35-28-24-13-7-8-14-25(24)29-26(30-28)20-31-15-17-34-18-16-31/h1-14H,15-21H2. The smallest absolute Gasteiger partial charge is 0.237 e. The van der Waals surface area contributed by atoms with Crippen LogP contribution < -0.4 is 4.90 Å².